The van der Waals surface area contributed by atoms with Crippen LogP contribution in [0.15, 0.2) is 35.2 Å². The molecule has 0 N–H and O–H groups in total. The third-order valence-corrected chi connectivity index (χ3v) is 10.8. The first-order valence-corrected chi connectivity index (χ1v) is 15.1. The largest absolute Gasteiger partial charge is 0.472 e. The molecule has 4 fully saturated rings. The van der Waals surface area contributed by atoms with Crippen molar-refractivity contribution in [3.8, 4) is 0 Å². The van der Waals surface area contributed by atoms with E-state index in [1.54, 1.807) is 33.8 Å². The van der Waals surface area contributed by atoms with Crippen LogP contribution in [-0.2, 0) is 57.2 Å². The summed E-state index contributed by atoms with van der Waals surface area (Å²) >= 11 is 0. The number of ether oxygens (including phenoxy) is 6. The second-order valence-corrected chi connectivity index (χ2v) is 13.8. The highest BCUT2D eigenvalue weighted by atomic mass is 16.6. The third kappa shape index (κ3) is 4.44. The van der Waals surface area contributed by atoms with Gasteiger partial charge in [-0.2, -0.15) is 0 Å². The first-order chi connectivity index (χ1) is 21.3. The van der Waals surface area contributed by atoms with Gasteiger partial charge in [-0.05, 0) is 18.9 Å². The van der Waals surface area contributed by atoms with Crippen LogP contribution in [0.25, 0.3) is 0 Å². The van der Waals surface area contributed by atoms with Crippen LogP contribution < -0.4 is 0 Å². The second kappa shape index (κ2) is 10.8. The number of furan rings is 1. The fourth-order valence-corrected chi connectivity index (χ4v) is 8.93. The van der Waals surface area contributed by atoms with Gasteiger partial charge < -0.3 is 32.8 Å². The van der Waals surface area contributed by atoms with Crippen molar-refractivity contribution in [1.82, 2.24) is 0 Å². The molecule has 1 aromatic heterocycles. The highest BCUT2D eigenvalue weighted by Gasteiger charge is 2.82. The van der Waals surface area contributed by atoms with Gasteiger partial charge in [0.1, 0.15) is 23.9 Å². The fraction of sp³-hybridized carbons (Fsp3) is 0.636. The van der Waals surface area contributed by atoms with Crippen LogP contribution in [0.1, 0.15) is 79.4 Å². The van der Waals surface area contributed by atoms with Crippen molar-refractivity contribution in [1.29, 1.82) is 0 Å². The summed E-state index contributed by atoms with van der Waals surface area (Å²) in [7, 11) is 1.20. The van der Waals surface area contributed by atoms with Gasteiger partial charge in [-0.1, -0.05) is 27.4 Å². The first-order valence-electron chi connectivity index (χ1n) is 15.1. The average molecular weight is 645 g/mol. The Morgan fingerprint density at radius 2 is 1.65 bits per heavy atom. The van der Waals surface area contributed by atoms with Crippen LogP contribution >= 0.6 is 0 Å². The van der Waals surface area contributed by atoms with Crippen molar-refractivity contribution < 1.29 is 61.6 Å². The van der Waals surface area contributed by atoms with Crippen molar-refractivity contribution in [2.75, 3.05) is 7.11 Å². The molecule has 13 heteroatoms. The molecule has 2 saturated carbocycles. The molecule has 3 heterocycles. The van der Waals surface area contributed by atoms with Gasteiger partial charge in [0.2, 0.25) is 0 Å². The fourth-order valence-electron chi connectivity index (χ4n) is 8.93. The number of fused-ring (bicyclic) bond motifs is 2. The number of rotatable bonds is 6. The number of esters is 5. The quantitative estimate of drug-likeness (QED) is 0.251. The Labute approximate surface area is 266 Å². The van der Waals surface area contributed by atoms with Gasteiger partial charge in [0.05, 0.1) is 37.9 Å². The maximum atomic E-state index is 15.5. The number of methoxy groups -OCH3 is 1. The van der Waals surface area contributed by atoms with Gasteiger partial charge in [-0.15, -0.1) is 0 Å². The molecule has 0 aromatic carbocycles. The van der Waals surface area contributed by atoms with Gasteiger partial charge in [0, 0.05) is 49.2 Å². The number of hydrogen-bond donors (Lipinski definition) is 0. The molecule has 0 radical (unpaired) electrons. The summed E-state index contributed by atoms with van der Waals surface area (Å²) in [4.78, 5) is 80.2. The monoisotopic (exact) mass is 644 g/mol. The maximum absolute atomic E-state index is 15.5. The Hall–Kier alpha value is -4.00. The van der Waals surface area contributed by atoms with Crippen molar-refractivity contribution in [2.24, 2.45) is 22.2 Å². The molecular weight excluding hydrogens is 604 g/mol. The first kappa shape index (κ1) is 33.4. The highest BCUT2D eigenvalue weighted by Crippen LogP contribution is 2.72. The lowest BCUT2D eigenvalue weighted by Crippen LogP contribution is -2.72. The topological polar surface area (TPSA) is 171 Å². The average Bonchev–Trinajstić information content (AvgIpc) is 3.53. The summed E-state index contributed by atoms with van der Waals surface area (Å²) in [5.74, 6) is -5.29. The summed E-state index contributed by atoms with van der Waals surface area (Å²) in [5, 5.41) is 0. The molecule has 0 unspecified atom stereocenters. The lowest BCUT2D eigenvalue weighted by atomic mass is 9.49. The Bertz CT molecular complexity index is 1510. The Morgan fingerprint density at radius 1 is 1.00 bits per heavy atom. The van der Waals surface area contributed by atoms with E-state index in [9.17, 15) is 24.0 Å². The molecule has 5 rings (SSSR count). The predicted molar refractivity (Wildman–Crippen MR) is 154 cm³/mol. The third-order valence-electron chi connectivity index (χ3n) is 10.8. The molecule has 2 saturated heterocycles. The molecule has 1 aromatic rings. The molecular formula is C33H40O13. The minimum absolute atomic E-state index is 0.0173. The smallest absolute Gasteiger partial charge is 0.309 e. The van der Waals surface area contributed by atoms with E-state index in [2.05, 4.69) is 6.58 Å². The molecule has 250 valence electrons. The van der Waals surface area contributed by atoms with E-state index in [0.717, 1.165) is 13.8 Å². The van der Waals surface area contributed by atoms with Gasteiger partial charge in [-0.3, -0.25) is 28.8 Å². The molecule has 0 amide bonds. The van der Waals surface area contributed by atoms with Gasteiger partial charge in [0.25, 0.3) is 0 Å². The van der Waals surface area contributed by atoms with Crippen LogP contribution in [0, 0.1) is 22.2 Å². The Morgan fingerprint density at radius 3 is 2.20 bits per heavy atom. The van der Waals surface area contributed by atoms with Gasteiger partial charge in [-0.25, -0.2) is 0 Å². The summed E-state index contributed by atoms with van der Waals surface area (Å²) in [6.07, 6.45) is -3.29. The Balaban J connectivity index is 1.86. The van der Waals surface area contributed by atoms with E-state index in [4.69, 9.17) is 32.8 Å². The lowest BCUT2D eigenvalue weighted by Gasteiger charge is -2.61. The Kier molecular flexibility index (Phi) is 7.82. The van der Waals surface area contributed by atoms with Gasteiger partial charge >= 0.3 is 29.8 Å². The minimum Gasteiger partial charge on any atom is -0.472 e. The summed E-state index contributed by atoms with van der Waals surface area (Å²) in [6, 6.07) is 1.61. The molecule has 1 spiro atoms. The molecule has 46 heavy (non-hydrogen) atoms. The SMILES string of the molecule is C=C1[C@@]2(OC(C)=O)C[C@]3(C)[C@@H](c4ccoc4)OC(=O)C[C@@]13O[C@@H]1[C@H](OC(C)=O)[C@H](OC(C)=O)C(C)(C)[C@@H](CC(=O)OC)[C@]1(C)C2=O. The van der Waals surface area contributed by atoms with E-state index in [1.807, 2.05) is 0 Å². The van der Waals surface area contributed by atoms with Crippen LogP contribution in [0.3, 0.4) is 0 Å². The molecule has 13 nitrogen and oxygen atoms in total. The molecule has 2 aliphatic heterocycles. The summed E-state index contributed by atoms with van der Waals surface area (Å²) in [6.45, 7) is 14.5. The van der Waals surface area contributed by atoms with Crippen molar-refractivity contribution >= 4 is 35.6 Å². The predicted octanol–water partition coefficient (Wildman–Crippen LogP) is 3.33. The number of hydrogen-bond acceptors (Lipinski definition) is 13. The normalized spacial score (nSPS) is 39.2. The zero-order chi connectivity index (χ0) is 34.2. The van der Waals surface area contributed by atoms with Crippen LogP contribution in [0.4, 0.5) is 0 Å². The van der Waals surface area contributed by atoms with E-state index in [-0.39, 0.29) is 18.4 Å². The van der Waals surface area contributed by atoms with E-state index in [0.29, 0.717) is 5.56 Å². The summed E-state index contributed by atoms with van der Waals surface area (Å²) in [5.41, 5.74) is -7.63. The van der Waals surface area contributed by atoms with E-state index in [1.165, 1.54) is 26.6 Å². The maximum Gasteiger partial charge on any atom is 0.309 e. The van der Waals surface area contributed by atoms with Crippen LogP contribution in [0.5, 0.6) is 0 Å². The highest BCUT2D eigenvalue weighted by molar-refractivity contribution is 6.01. The van der Waals surface area contributed by atoms with Crippen LogP contribution in [0.2, 0.25) is 0 Å². The number of Topliss-reactive ketones (excluding diaryl/α,β-unsaturated/α-hetero) is 1. The number of ketones is 1. The van der Waals surface area contributed by atoms with Crippen molar-refractivity contribution in [3.05, 3.63) is 36.3 Å². The number of carbonyl (C=O) groups excluding carboxylic acids is 6. The van der Waals surface area contributed by atoms with Crippen molar-refractivity contribution in [2.45, 2.75) is 103 Å². The lowest BCUT2D eigenvalue weighted by molar-refractivity contribution is -0.291. The molecule has 4 aliphatic rings. The molecule has 2 aliphatic carbocycles. The molecule has 9 atom stereocenters. The molecule has 2 bridgehead atoms. The van der Waals surface area contributed by atoms with Crippen LogP contribution in [-0.4, -0.2) is 72.3 Å². The standard InChI is InChI=1S/C33H40O13/c1-16-32(45-19(4)36)15-30(7)25(20-10-11-41-14-20)44-23(38)13-33(16,30)46-27-24(42-17(2)34)26(43-18(3)35)29(5,6)21(12-22(37)40-9)31(27,8)28(32)39/h10-11,14,21,24-27H,1,12-13,15H2,2-9H3/t21-,24-,25-,26+,27-,30-,31+,32+,33-/m1/s1. The second-order valence-electron chi connectivity index (χ2n) is 13.8. The van der Waals surface area contributed by atoms with Gasteiger partial charge in [0.15, 0.2) is 17.5 Å². The zero-order valence-corrected chi connectivity index (χ0v) is 27.3. The number of cyclic esters (lactones) is 1. The van der Waals surface area contributed by atoms with E-state index >= 15 is 4.79 Å². The van der Waals surface area contributed by atoms with Crippen molar-refractivity contribution in [3.63, 3.8) is 0 Å². The zero-order valence-electron chi connectivity index (χ0n) is 27.3. The number of carbonyl (C=O) groups is 6. The van der Waals surface area contributed by atoms with E-state index < -0.39 is 99.8 Å². The summed E-state index contributed by atoms with van der Waals surface area (Å²) < 4.78 is 41.0. The minimum atomic E-state index is -2.07.